The second-order valence-corrected chi connectivity index (χ2v) is 7.96. The number of aryl methyl sites for hydroxylation is 2. The summed E-state index contributed by atoms with van der Waals surface area (Å²) in [5, 5.41) is 3.45. The van der Waals surface area contributed by atoms with Gasteiger partial charge in [-0.2, -0.15) is 0 Å². The van der Waals surface area contributed by atoms with Crippen molar-refractivity contribution in [3.05, 3.63) is 70.3 Å². The molecule has 0 aromatic heterocycles. The van der Waals surface area contributed by atoms with Crippen molar-refractivity contribution in [2.45, 2.75) is 26.5 Å². The molecule has 0 spiro atoms. The fourth-order valence-corrected chi connectivity index (χ4v) is 3.75. The Labute approximate surface area is 179 Å². The number of ether oxygens (including phenoxy) is 1. The maximum absolute atomic E-state index is 12.0. The first-order valence-corrected chi connectivity index (χ1v) is 10.3. The van der Waals surface area contributed by atoms with E-state index in [1.807, 2.05) is 31.3 Å². The third-order valence-electron chi connectivity index (χ3n) is 5.41. The third kappa shape index (κ3) is 5.19. The van der Waals surface area contributed by atoms with Gasteiger partial charge in [0, 0.05) is 39.8 Å². The number of morpholine rings is 1. The van der Waals surface area contributed by atoms with Gasteiger partial charge in [-0.15, -0.1) is 0 Å². The molecule has 1 unspecified atom stereocenters. The lowest BCUT2D eigenvalue weighted by molar-refractivity contribution is -0.00834. The van der Waals surface area contributed by atoms with E-state index in [1.165, 1.54) is 16.7 Å². The highest BCUT2D eigenvalue weighted by Gasteiger charge is 2.25. The molecule has 1 aliphatic rings. The van der Waals surface area contributed by atoms with E-state index in [2.05, 4.69) is 47.3 Å². The molecule has 0 aliphatic carbocycles. The van der Waals surface area contributed by atoms with Gasteiger partial charge in [-0.3, -0.25) is 9.79 Å². The molecule has 1 saturated heterocycles. The van der Waals surface area contributed by atoms with Crippen molar-refractivity contribution >= 4 is 11.9 Å². The minimum Gasteiger partial charge on any atom is -0.370 e. The van der Waals surface area contributed by atoms with E-state index in [0.29, 0.717) is 18.7 Å². The summed E-state index contributed by atoms with van der Waals surface area (Å²) in [4.78, 5) is 20.3. The van der Waals surface area contributed by atoms with Crippen LogP contribution in [0.1, 0.15) is 38.7 Å². The highest BCUT2D eigenvalue weighted by atomic mass is 16.5. The van der Waals surface area contributed by atoms with Crippen molar-refractivity contribution in [3.8, 4) is 0 Å². The van der Waals surface area contributed by atoms with E-state index in [4.69, 9.17) is 4.74 Å². The normalized spacial score (nSPS) is 17.0. The number of hydrogen-bond donors (Lipinski definition) is 1. The molecule has 6 heteroatoms. The molecule has 6 nitrogen and oxygen atoms in total. The summed E-state index contributed by atoms with van der Waals surface area (Å²) < 4.78 is 6.07. The Hall–Kier alpha value is -2.86. The first-order valence-electron chi connectivity index (χ1n) is 10.3. The number of amides is 1. The Morgan fingerprint density at radius 2 is 1.93 bits per heavy atom. The second-order valence-electron chi connectivity index (χ2n) is 7.96. The Morgan fingerprint density at radius 1 is 1.20 bits per heavy atom. The van der Waals surface area contributed by atoms with E-state index >= 15 is 0 Å². The summed E-state index contributed by atoms with van der Waals surface area (Å²) in [7, 11) is 5.33. The number of carbonyl (C=O) groups is 1. The van der Waals surface area contributed by atoms with E-state index in [-0.39, 0.29) is 12.0 Å². The zero-order valence-electron chi connectivity index (χ0n) is 18.6. The number of aliphatic imine (C=N–C) groups is 1. The molecule has 3 rings (SSSR count). The Balaban J connectivity index is 1.62. The molecule has 2 aromatic rings. The van der Waals surface area contributed by atoms with E-state index in [1.54, 1.807) is 19.0 Å². The molecule has 0 radical (unpaired) electrons. The minimum atomic E-state index is 0.0103. The Bertz CT molecular complexity index is 906. The first kappa shape index (κ1) is 21.8. The van der Waals surface area contributed by atoms with Crippen LogP contribution in [-0.2, 0) is 11.3 Å². The predicted octanol–water partition coefficient (Wildman–Crippen LogP) is 3.15. The number of benzene rings is 2. The summed E-state index contributed by atoms with van der Waals surface area (Å²) in [6.07, 6.45) is 0.0363. The lowest BCUT2D eigenvalue weighted by atomic mass is 10.00. The standard InChI is InChI=1S/C24H32N4O2/c1-17-6-11-21(18(2)14-17)22-16-28(12-13-30-22)24(25-3)26-15-19-7-9-20(10-8-19)23(29)27(4)5/h6-11,14,22H,12-13,15-16H2,1-5H3,(H,25,26). The van der Waals surface area contributed by atoms with Crippen molar-refractivity contribution in [3.63, 3.8) is 0 Å². The molecule has 1 fully saturated rings. The highest BCUT2D eigenvalue weighted by Crippen LogP contribution is 2.26. The van der Waals surface area contributed by atoms with Gasteiger partial charge in [0.1, 0.15) is 6.10 Å². The van der Waals surface area contributed by atoms with Crippen molar-refractivity contribution in [2.24, 2.45) is 4.99 Å². The van der Waals surface area contributed by atoms with E-state index in [0.717, 1.165) is 24.6 Å². The van der Waals surface area contributed by atoms with Gasteiger partial charge in [-0.05, 0) is 42.7 Å². The van der Waals surface area contributed by atoms with Crippen LogP contribution >= 0.6 is 0 Å². The van der Waals surface area contributed by atoms with Crippen LogP contribution in [0.15, 0.2) is 47.5 Å². The summed E-state index contributed by atoms with van der Waals surface area (Å²) in [6.45, 7) is 7.13. The monoisotopic (exact) mass is 408 g/mol. The average Bonchev–Trinajstić information content (AvgIpc) is 2.74. The van der Waals surface area contributed by atoms with Gasteiger partial charge in [0.25, 0.3) is 5.91 Å². The molecule has 1 heterocycles. The molecular weight excluding hydrogens is 376 g/mol. The summed E-state index contributed by atoms with van der Waals surface area (Å²) in [5.74, 6) is 0.873. The molecule has 1 atom stereocenters. The van der Waals surface area contributed by atoms with Crippen LogP contribution < -0.4 is 5.32 Å². The number of hydrogen-bond acceptors (Lipinski definition) is 3. The molecular formula is C24H32N4O2. The predicted molar refractivity (Wildman–Crippen MR) is 121 cm³/mol. The smallest absolute Gasteiger partial charge is 0.253 e. The zero-order chi connectivity index (χ0) is 21.7. The number of carbonyl (C=O) groups excluding carboxylic acids is 1. The molecule has 0 bridgehead atoms. The van der Waals surface area contributed by atoms with E-state index in [9.17, 15) is 4.79 Å². The van der Waals surface area contributed by atoms with Crippen molar-refractivity contribution in [2.75, 3.05) is 40.8 Å². The fraction of sp³-hybridized carbons (Fsp3) is 0.417. The van der Waals surface area contributed by atoms with Gasteiger partial charge in [0.2, 0.25) is 0 Å². The molecule has 160 valence electrons. The summed E-state index contributed by atoms with van der Waals surface area (Å²) in [6, 6.07) is 14.2. The quantitative estimate of drug-likeness (QED) is 0.624. The summed E-state index contributed by atoms with van der Waals surface area (Å²) >= 11 is 0. The van der Waals surface area contributed by atoms with Gasteiger partial charge in [-0.1, -0.05) is 35.9 Å². The molecule has 2 aromatic carbocycles. The van der Waals surface area contributed by atoms with Gasteiger partial charge in [0.05, 0.1) is 13.2 Å². The van der Waals surface area contributed by atoms with Crippen molar-refractivity contribution in [1.82, 2.24) is 15.1 Å². The Kier molecular flexibility index (Phi) is 7.11. The van der Waals surface area contributed by atoms with Crippen molar-refractivity contribution < 1.29 is 9.53 Å². The first-order chi connectivity index (χ1) is 14.4. The molecule has 1 N–H and O–H groups in total. The number of nitrogens with zero attached hydrogens (tertiary/aromatic N) is 3. The molecule has 1 aliphatic heterocycles. The third-order valence-corrected chi connectivity index (χ3v) is 5.41. The van der Waals surface area contributed by atoms with Crippen LogP contribution in [0.25, 0.3) is 0 Å². The molecule has 0 saturated carbocycles. The lowest BCUT2D eigenvalue weighted by Gasteiger charge is -2.36. The van der Waals surface area contributed by atoms with Gasteiger partial charge in [0.15, 0.2) is 5.96 Å². The average molecular weight is 409 g/mol. The number of nitrogens with one attached hydrogen (secondary N) is 1. The lowest BCUT2D eigenvalue weighted by Crippen LogP contribution is -2.48. The maximum Gasteiger partial charge on any atom is 0.253 e. The van der Waals surface area contributed by atoms with Gasteiger partial charge < -0.3 is 19.9 Å². The van der Waals surface area contributed by atoms with Crippen LogP contribution in [0.4, 0.5) is 0 Å². The van der Waals surface area contributed by atoms with Gasteiger partial charge in [-0.25, -0.2) is 0 Å². The van der Waals surface area contributed by atoms with Crippen LogP contribution in [0.5, 0.6) is 0 Å². The number of guanidine groups is 1. The SMILES string of the molecule is CN=C(NCc1ccc(C(=O)N(C)C)cc1)N1CCOC(c2ccc(C)cc2C)C1. The van der Waals surface area contributed by atoms with Crippen LogP contribution in [0.2, 0.25) is 0 Å². The van der Waals surface area contributed by atoms with Crippen molar-refractivity contribution in [1.29, 1.82) is 0 Å². The van der Waals surface area contributed by atoms with Gasteiger partial charge >= 0.3 is 0 Å². The highest BCUT2D eigenvalue weighted by molar-refractivity contribution is 5.93. The summed E-state index contributed by atoms with van der Waals surface area (Å²) in [5.41, 5.74) is 5.56. The second kappa shape index (κ2) is 9.76. The van der Waals surface area contributed by atoms with E-state index < -0.39 is 0 Å². The molecule has 30 heavy (non-hydrogen) atoms. The Morgan fingerprint density at radius 3 is 2.57 bits per heavy atom. The van der Waals surface area contributed by atoms with Crippen LogP contribution in [0.3, 0.4) is 0 Å². The minimum absolute atomic E-state index is 0.0103. The largest absolute Gasteiger partial charge is 0.370 e. The number of rotatable bonds is 4. The zero-order valence-corrected chi connectivity index (χ0v) is 18.6. The fourth-order valence-electron chi connectivity index (χ4n) is 3.75. The van der Waals surface area contributed by atoms with Crippen LogP contribution in [-0.4, -0.2) is 62.5 Å². The van der Waals surface area contributed by atoms with Crippen LogP contribution in [0, 0.1) is 13.8 Å². The topological polar surface area (TPSA) is 57.2 Å². The maximum atomic E-state index is 12.0. The molecule has 1 amide bonds.